The molecule has 2 unspecified atom stereocenters. The van der Waals surface area contributed by atoms with Gasteiger partial charge >= 0.3 is 0 Å². The van der Waals surface area contributed by atoms with Gasteiger partial charge in [0.2, 0.25) is 0 Å². The Bertz CT molecular complexity index is 107. The molecule has 0 aromatic rings. The highest BCUT2D eigenvalue weighted by molar-refractivity contribution is 4.79. The molecule has 1 nitrogen and oxygen atoms in total. The molecule has 0 aromatic heterocycles. The van der Waals surface area contributed by atoms with Crippen LogP contribution < -0.4 is 0 Å². The molecule has 0 heterocycles. The van der Waals surface area contributed by atoms with Gasteiger partial charge in [0.15, 0.2) is 0 Å². The van der Waals surface area contributed by atoms with E-state index in [1.54, 1.807) is 0 Å². The topological polar surface area (TPSA) is 9.23 Å². The van der Waals surface area contributed by atoms with E-state index in [-0.39, 0.29) is 0 Å². The molecule has 0 aromatic carbocycles. The van der Waals surface area contributed by atoms with Gasteiger partial charge in [0.25, 0.3) is 0 Å². The van der Waals surface area contributed by atoms with E-state index in [1.807, 2.05) is 0 Å². The third-order valence-corrected chi connectivity index (χ3v) is 2.42. The molecule has 0 bridgehead atoms. The predicted octanol–water partition coefficient (Wildman–Crippen LogP) is 2.66. The van der Waals surface area contributed by atoms with Gasteiger partial charge in [-0.1, -0.05) is 13.8 Å². The van der Waals surface area contributed by atoms with Crippen LogP contribution in [0.15, 0.2) is 0 Å². The van der Waals surface area contributed by atoms with Gasteiger partial charge in [0.05, 0.1) is 6.10 Å². The minimum absolute atomic E-state index is 0.490. The largest absolute Gasteiger partial charge is 0.378 e. The van der Waals surface area contributed by atoms with Crippen LogP contribution in [0.3, 0.4) is 0 Å². The van der Waals surface area contributed by atoms with E-state index in [0.717, 1.165) is 18.9 Å². The number of hydrogen-bond donors (Lipinski definition) is 0. The van der Waals surface area contributed by atoms with E-state index in [2.05, 4.69) is 20.8 Å². The first-order valence-corrected chi connectivity index (χ1v) is 4.65. The van der Waals surface area contributed by atoms with Crippen molar-refractivity contribution in [3.63, 3.8) is 0 Å². The van der Waals surface area contributed by atoms with E-state index < -0.39 is 0 Å². The van der Waals surface area contributed by atoms with Crippen molar-refractivity contribution >= 4 is 0 Å². The highest BCUT2D eigenvalue weighted by atomic mass is 16.5. The van der Waals surface area contributed by atoms with Crippen molar-refractivity contribution in [1.29, 1.82) is 0 Å². The maximum Gasteiger partial charge on any atom is 0.0575 e. The lowest BCUT2D eigenvalue weighted by molar-refractivity contribution is 0.0312. The predicted molar refractivity (Wildman–Crippen MR) is 47.3 cm³/mol. The first kappa shape index (κ1) is 9.05. The van der Waals surface area contributed by atoms with Gasteiger partial charge in [-0.05, 0) is 38.0 Å². The fraction of sp³-hybridized carbons (Fsp3) is 0.900. The average Bonchev–Trinajstić information content (AvgIpc) is 2.81. The lowest BCUT2D eigenvalue weighted by Crippen LogP contribution is -2.15. The molecule has 0 amide bonds. The molecule has 1 heteroatoms. The summed E-state index contributed by atoms with van der Waals surface area (Å²) in [4.78, 5) is 0. The lowest BCUT2D eigenvalue weighted by atomic mass is 10.1. The van der Waals surface area contributed by atoms with E-state index in [4.69, 9.17) is 4.74 Å². The summed E-state index contributed by atoms with van der Waals surface area (Å²) < 4.78 is 5.68. The number of hydrogen-bond acceptors (Lipinski definition) is 1. The minimum Gasteiger partial charge on any atom is -0.378 e. The highest BCUT2D eigenvalue weighted by Crippen LogP contribution is 2.34. The molecule has 1 radical (unpaired) electrons. The van der Waals surface area contributed by atoms with Gasteiger partial charge in [-0.15, -0.1) is 0 Å². The molecule has 1 rings (SSSR count). The zero-order valence-electron chi connectivity index (χ0n) is 7.68. The molecular formula is C10H19O. The van der Waals surface area contributed by atoms with Crippen LogP contribution in [0.5, 0.6) is 0 Å². The Hall–Kier alpha value is -0.0400. The zero-order valence-corrected chi connectivity index (χ0v) is 7.68. The summed E-state index contributed by atoms with van der Waals surface area (Å²) >= 11 is 0. The monoisotopic (exact) mass is 155 g/mol. The number of rotatable bonds is 5. The maximum absolute atomic E-state index is 5.68. The van der Waals surface area contributed by atoms with Crippen LogP contribution in [0.1, 0.15) is 33.1 Å². The fourth-order valence-electron chi connectivity index (χ4n) is 1.10. The first-order chi connectivity index (χ1) is 5.24. The average molecular weight is 155 g/mol. The molecule has 0 spiro atoms. The van der Waals surface area contributed by atoms with Crippen LogP contribution in [0, 0.1) is 18.8 Å². The van der Waals surface area contributed by atoms with Crippen molar-refractivity contribution in [2.24, 2.45) is 11.8 Å². The van der Waals surface area contributed by atoms with Gasteiger partial charge in [-0.3, -0.25) is 0 Å². The van der Waals surface area contributed by atoms with Crippen LogP contribution in [0.4, 0.5) is 0 Å². The highest BCUT2D eigenvalue weighted by Gasteiger charge is 2.28. The molecule has 0 N–H and O–H groups in total. The Morgan fingerprint density at radius 1 is 1.45 bits per heavy atom. The molecule has 1 fully saturated rings. The molecular weight excluding hydrogens is 136 g/mol. The second-order valence-electron chi connectivity index (χ2n) is 3.77. The summed E-state index contributed by atoms with van der Waals surface area (Å²) in [5.41, 5.74) is 0. The van der Waals surface area contributed by atoms with Crippen molar-refractivity contribution in [2.45, 2.75) is 39.2 Å². The van der Waals surface area contributed by atoms with Gasteiger partial charge < -0.3 is 4.74 Å². The lowest BCUT2D eigenvalue weighted by Gasteiger charge is -2.14. The van der Waals surface area contributed by atoms with E-state index in [9.17, 15) is 0 Å². The molecule has 65 valence electrons. The Morgan fingerprint density at radius 2 is 2.09 bits per heavy atom. The van der Waals surface area contributed by atoms with Crippen molar-refractivity contribution in [2.75, 3.05) is 6.61 Å². The molecule has 11 heavy (non-hydrogen) atoms. The molecule has 2 atom stereocenters. The van der Waals surface area contributed by atoms with Crippen molar-refractivity contribution in [3.8, 4) is 0 Å². The van der Waals surface area contributed by atoms with Crippen molar-refractivity contribution in [3.05, 3.63) is 6.92 Å². The van der Waals surface area contributed by atoms with Crippen molar-refractivity contribution < 1.29 is 4.74 Å². The Balaban J connectivity index is 2.00. The SMILES string of the molecule is [CH2]CC(C)COC(C)C1CC1. The Labute approximate surface area is 70.1 Å². The van der Waals surface area contributed by atoms with Gasteiger partial charge in [-0.2, -0.15) is 0 Å². The second-order valence-corrected chi connectivity index (χ2v) is 3.77. The fourth-order valence-corrected chi connectivity index (χ4v) is 1.10. The van der Waals surface area contributed by atoms with E-state index >= 15 is 0 Å². The number of ether oxygens (including phenoxy) is 1. The minimum atomic E-state index is 0.490. The second kappa shape index (κ2) is 4.10. The molecule has 1 aliphatic carbocycles. The van der Waals surface area contributed by atoms with Gasteiger partial charge in [-0.25, -0.2) is 0 Å². The van der Waals surface area contributed by atoms with Gasteiger partial charge in [0, 0.05) is 6.61 Å². The Kier molecular flexibility index (Phi) is 3.38. The van der Waals surface area contributed by atoms with Crippen molar-refractivity contribution in [1.82, 2.24) is 0 Å². The summed E-state index contributed by atoms with van der Waals surface area (Å²) in [5.74, 6) is 1.49. The first-order valence-electron chi connectivity index (χ1n) is 4.65. The third kappa shape index (κ3) is 3.24. The summed E-state index contributed by atoms with van der Waals surface area (Å²) in [6.07, 6.45) is 4.22. The van der Waals surface area contributed by atoms with Crippen LogP contribution >= 0.6 is 0 Å². The summed E-state index contributed by atoms with van der Waals surface area (Å²) in [6.45, 7) is 9.11. The maximum atomic E-state index is 5.68. The van der Waals surface area contributed by atoms with E-state index in [0.29, 0.717) is 12.0 Å². The summed E-state index contributed by atoms with van der Waals surface area (Å²) in [6, 6.07) is 0. The molecule has 1 aliphatic rings. The molecule has 0 aliphatic heterocycles. The van der Waals surface area contributed by atoms with E-state index in [1.165, 1.54) is 12.8 Å². The third-order valence-electron chi connectivity index (χ3n) is 2.42. The molecule has 0 saturated heterocycles. The normalized spacial score (nSPS) is 23.2. The zero-order chi connectivity index (χ0) is 8.27. The smallest absolute Gasteiger partial charge is 0.0575 e. The summed E-state index contributed by atoms with van der Waals surface area (Å²) in [5, 5.41) is 0. The Morgan fingerprint density at radius 3 is 2.55 bits per heavy atom. The standard InChI is InChI=1S/C10H19O/c1-4-8(2)7-11-9(3)10-5-6-10/h8-10H,1,4-7H2,2-3H3. The van der Waals surface area contributed by atoms with Crippen LogP contribution in [0.25, 0.3) is 0 Å². The summed E-state index contributed by atoms with van der Waals surface area (Å²) in [7, 11) is 0. The quantitative estimate of drug-likeness (QED) is 0.593. The van der Waals surface area contributed by atoms with Crippen LogP contribution in [0.2, 0.25) is 0 Å². The van der Waals surface area contributed by atoms with Gasteiger partial charge in [0.1, 0.15) is 0 Å². The molecule has 1 saturated carbocycles. The van der Waals surface area contributed by atoms with Crippen LogP contribution in [-0.4, -0.2) is 12.7 Å². The van der Waals surface area contributed by atoms with Crippen LogP contribution in [-0.2, 0) is 4.74 Å².